The van der Waals surface area contributed by atoms with Crippen molar-refractivity contribution in [2.75, 3.05) is 0 Å². The van der Waals surface area contributed by atoms with Gasteiger partial charge in [-0.1, -0.05) is 0 Å². The lowest BCUT2D eigenvalue weighted by Crippen LogP contribution is -2.41. The number of hydrogen-bond acceptors (Lipinski definition) is 6. The molecule has 0 amide bonds. The van der Waals surface area contributed by atoms with Crippen LogP contribution < -0.4 is 0 Å². The highest BCUT2D eigenvalue weighted by Crippen LogP contribution is 2.37. The minimum atomic E-state index is -3.03. The molecule has 1 fully saturated rings. The summed E-state index contributed by atoms with van der Waals surface area (Å²) in [5.41, 5.74) is -0.312. The summed E-state index contributed by atoms with van der Waals surface area (Å²) in [6, 6.07) is 0. The maximum Gasteiger partial charge on any atom is 0.290 e. The van der Waals surface area contributed by atoms with E-state index >= 15 is 0 Å². The van der Waals surface area contributed by atoms with Crippen LogP contribution in [0.4, 0.5) is 0 Å². The summed E-state index contributed by atoms with van der Waals surface area (Å²) in [5, 5.41) is 28.9. The van der Waals surface area contributed by atoms with Crippen molar-refractivity contribution in [1.29, 1.82) is 0 Å². The van der Waals surface area contributed by atoms with Crippen molar-refractivity contribution in [2.45, 2.75) is 12.2 Å². The topological polar surface area (TPSA) is 118 Å². The molecular formula is C9H7NO6. The smallest absolute Gasteiger partial charge is 0.290 e. The number of aliphatic hydroxyl groups is 2. The molecule has 0 aliphatic heterocycles. The number of nitrogens with zero attached hydrogens (tertiary/aromatic N) is 1. The van der Waals surface area contributed by atoms with Gasteiger partial charge >= 0.3 is 0 Å². The van der Waals surface area contributed by atoms with E-state index < -0.39 is 28.2 Å². The van der Waals surface area contributed by atoms with Crippen molar-refractivity contribution < 1.29 is 24.7 Å². The Morgan fingerprint density at radius 3 is 2.56 bits per heavy atom. The predicted octanol–water partition coefficient (Wildman–Crippen LogP) is -1.07. The van der Waals surface area contributed by atoms with E-state index in [2.05, 4.69) is 0 Å². The van der Waals surface area contributed by atoms with E-state index in [-0.39, 0.29) is 17.7 Å². The third kappa shape index (κ3) is 1.22. The molecule has 1 saturated carbocycles. The zero-order valence-corrected chi connectivity index (χ0v) is 7.91. The molecule has 1 unspecified atom stereocenters. The lowest BCUT2D eigenvalue weighted by Gasteiger charge is -2.11. The number of hydrogen-bond donors (Lipinski definition) is 2. The fourth-order valence-corrected chi connectivity index (χ4v) is 1.85. The Bertz CT molecular complexity index is 472. The quantitative estimate of drug-likeness (QED) is 0.254. The standard InChI is InChI=1S/C9H7NO6/c11-7-5-2-1-4(10(15)16)3-6(5)8(12)9(7,13)14/h1-2,6,13-14H,3H2. The van der Waals surface area contributed by atoms with Gasteiger partial charge in [0.2, 0.25) is 17.3 Å². The molecule has 0 heterocycles. The van der Waals surface area contributed by atoms with Crippen LogP contribution in [0, 0.1) is 16.0 Å². The Labute approximate surface area is 88.8 Å². The van der Waals surface area contributed by atoms with Gasteiger partial charge in [0, 0.05) is 11.6 Å². The van der Waals surface area contributed by atoms with E-state index in [4.69, 9.17) is 0 Å². The van der Waals surface area contributed by atoms with E-state index in [0.29, 0.717) is 0 Å². The highest BCUT2D eigenvalue weighted by Gasteiger charge is 2.57. The Kier molecular flexibility index (Phi) is 2.04. The van der Waals surface area contributed by atoms with Gasteiger partial charge in [-0.05, 0) is 6.08 Å². The highest BCUT2D eigenvalue weighted by atomic mass is 16.6. The van der Waals surface area contributed by atoms with E-state index in [0.717, 1.165) is 12.2 Å². The van der Waals surface area contributed by atoms with Gasteiger partial charge in [0.15, 0.2) is 0 Å². The van der Waals surface area contributed by atoms with Crippen LogP contribution in [0.25, 0.3) is 0 Å². The number of rotatable bonds is 1. The summed E-state index contributed by atoms with van der Waals surface area (Å²) < 4.78 is 0. The van der Waals surface area contributed by atoms with Crippen LogP contribution in [-0.4, -0.2) is 32.5 Å². The second-order valence-corrected chi connectivity index (χ2v) is 3.66. The molecule has 16 heavy (non-hydrogen) atoms. The molecule has 0 bridgehead atoms. The Morgan fingerprint density at radius 1 is 1.38 bits per heavy atom. The fourth-order valence-electron chi connectivity index (χ4n) is 1.85. The van der Waals surface area contributed by atoms with Crippen LogP contribution in [0.5, 0.6) is 0 Å². The van der Waals surface area contributed by atoms with Crippen LogP contribution in [0.2, 0.25) is 0 Å². The first kappa shape index (κ1) is 10.7. The normalized spacial score (nSPS) is 27.2. The van der Waals surface area contributed by atoms with E-state index in [1.807, 2.05) is 0 Å². The fraction of sp³-hybridized carbons (Fsp3) is 0.333. The molecule has 1 atom stereocenters. The summed E-state index contributed by atoms with van der Waals surface area (Å²) in [7, 11) is 0. The molecule has 7 nitrogen and oxygen atoms in total. The summed E-state index contributed by atoms with van der Waals surface area (Å²) in [4.78, 5) is 32.6. The van der Waals surface area contributed by atoms with Gasteiger partial charge in [-0.15, -0.1) is 0 Å². The molecule has 0 aromatic carbocycles. The monoisotopic (exact) mass is 225 g/mol. The Hall–Kier alpha value is -1.86. The first-order valence-corrected chi connectivity index (χ1v) is 4.44. The number of carbonyl (C=O) groups is 2. The Balaban J connectivity index is 2.44. The molecule has 2 aliphatic carbocycles. The molecule has 0 saturated heterocycles. The maximum atomic E-state index is 11.4. The van der Waals surface area contributed by atoms with Gasteiger partial charge in [-0.25, -0.2) is 0 Å². The molecule has 0 aromatic rings. The first-order valence-electron chi connectivity index (χ1n) is 4.44. The summed E-state index contributed by atoms with van der Waals surface area (Å²) >= 11 is 0. The molecule has 84 valence electrons. The van der Waals surface area contributed by atoms with Crippen LogP contribution >= 0.6 is 0 Å². The molecule has 0 spiro atoms. The highest BCUT2D eigenvalue weighted by molar-refractivity contribution is 6.25. The molecule has 0 aromatic heterocycles. The SMILES string of the molecule is O=C1C2=CC=C([N+](=O)[O-])CC2C(=O)C1(O)O. The number of Topliss-reactive ketones (excluding diaryl/α,β-unsaturated/α-hetero) is 2. The molecule has 7 heteroatoms. The van der Waals surface area contributed by atoms with E-state index in [1.165, 1.54) is 0 Å². The number of allylic oxidation sites excluding steroid dienone is 3. The average molecular weight is 225 g/mol. The molecular weight excluding hydrogens is 218 g/mol. The van der Waals surface area contributed by atoms with Crippen molar-refractivity contribution in [3.05, 3.63) is 33.5 Å². The predicted molar refractivity (Wildman–Crippen MR) is 48.5 cm³/mol. The maximum absolute atomic E-state index is 11.4. The van der Waals surface area contributed by atoms with Crippen LogP contribution in [0.3, 0.4) is 0 Å². The van der Waals surface area contributed by atoms with E-state index in [9.17, 15) is 29.9 Å². The lowest BCUT2D eigenvalue weighted by molar-refractivity contribution is -0.428. The van der Waals surface area contributed by atoms with Gasteiger partial charge in [0.1, 0.15) is 0 Å². The summed E-state index contributed by atoms with van der Waals surface area (Å²) in [5.74, 6) is -6.35. The van der Waals surface area contributed by atoms with Crippen molar-refractivity contribution in [3.8, 4) is 0 Å². The number of fused-ring (bicyclic) bond motifs is 1. The second kappa shape index (κ2) is 3.06. The molecule has 2 aliphatic rings. The number of nitro groups is 1. The van der Waals surface area contributed by atoms with Crippen molar-refractivity contribution in [3.63, 3.8) is 0 Å². The van der Waals surface area contributed by atoms with Gasteiger partial charge in [0.05, 0.1) is 17.3 Å². The Morgan fingerprint density at radius 2 is 2.00 bits per heavy atom. The van der Waals surface area contributed by atoms with Gasteiger partial charge in [0.25, 0.3) is 5.79 Å². The average Bonchev–Trinajstić information content (AvgIpc) is 2.40. The number of carbonyl (C=O) groups excluding carboxylic acids is 2. The second-order valence-electron chi connectivity index (χ2n) is 3.66. The minimum absolute atomic E-state index is 0.0828. The minimum Gasteiger partial charge on any atom is -0.353 e. The first-order chi connectivity index (χ1) is 7.35. The largest absolute Gasteiger partial charge is 0.353 e. The van der Waals surface area contributed by atoms with Gasteiger partial charge in [-0.3, -0.25) is 19.7 Å². The van der Waals surface area contributed by atoms with E-state index in [1.54, 1.807) is 0 Å². The van der Waals surface area contributed by atoms with Crippen LogP contribution in [-0.2, 0) is 9.59 Å². The molecule has 0 radical (unpaired) electrons. The van der Waals surface area contributed by atoms with Gasteiger partial charge < -0.3 is 10.2 Å². The third-order valence-corrected chi connectivity index (χ3v) is 2.72. The lowest BCUT2D eigenvalue weighted by atomic mass is 9.92. The van der Waals surface area contributed by atoms with Crippen molar-refractivity contribution >= 4 is 11.6 Å². The zero-order valence-electron chi connectivity index (χ0n) is 7.91. The molecule has 2 rings (SSSR count). The third-order valence-electron chi connectivity index (χ3n) is 2.72. The number of ketones is 2. The molecule has 2 N–H and O–H groups in total. The van der Waals surface area contributed by atoms with Crippen molar-refractivity contribution in [1.82, 2.24) is 0 Å². The van der Waals surface area contributed by atoms with Crippen LogP contribution in [0.15, 0.2) is 23.4 Å². The summed E-state index contributed by atoms with van der Waals surface area (Å²) in [6.45, 7) is 0. The van der Waals surface area contributed by atoms with Gasteiger partial charge in [-0.2, -0.15) is 0 Å². The zero-order chi connectivity index (χ0) is 12.1. The van der Waals surface area contributed by atoms with Crippen LogP contribution in [0.1, 0.15) is 6.42 Å². The summed E-state index contributed by atoms with van der Waals surface area (Å²) in [6.07, 6.45) is 1.91. The van der Waals surface area contributed by atoms with Crippen molar-refractivity contribution in [2.24, 2.45) is 5.92 Å².